The predicted molar refractivity (Wildman–Crippen MR) is 226 cm³/mol. The van der Waals surface area contributed by atoms with Gasteiger partial charge in [0, 0.05) is 44.0 Å². The smallest absolute Gasteiger partial charge is 0.201 e. The zero-order valence-electron chi connectivity index (χ0n) is 29.4. The highest BCUT2D eigenvalue weighted by molar-refractivity contribution is 6.17. The van der Waals surface area contributed by atoms with E-state index in [1.807, 2.05) is 0 Å². The van der Waals surface area contributed by atoms with Crippen molar-refractivity contribution < 1.29 is 0 Å². The van der Waals surface area contributed by atoms with Crippen LogP contribution in [0.4, 0.5) is 5.69 Å². The normalized spacial score (nSPS) is 14.0. The lowest BCUT2D eigenvalue weighted by Crippen LogP contribution is -2.24. The number of nitrogens with zero attached hydrogens (tertiary/aromatic N) is 3. The average molecular weight is 691 g/mol. The standard InChI is InChI=1S/C50H34N4/c1-3-13-33(14-4-1)34-23-25-35(26-24-34)49-42-19-7-10-20-44(42)51-50(52-49)54-46-22-12-8-17-39(46)41-29-27-37(32-48(41)54)36-28-30-47-43(31-36)40-18-9-11-21-45(40)53(47)38-15-5-2-6-16-38/h1-32,50-51H. The van der Waals surface area contributed by atoms with Crippen molar-refractivity contribution in [1.29, 1.82) is 0 Å². The summed E-state index contributed by atoms with van der Waals surface area (Å²) in [5.74, 6) is 0. The van der Waals surface area contributed by atoms with Crippen LogP contribution in [0, 0.1) is 0 Å². The average Bonchev–Trinajstić information content (AvgIpc) is 3.76. The molecule has 0 radical (unpaired) electrons. The van der Waals surface area contributed by atoms with Gasteiger partial charge in [0.2, 0.25) is 6.29 Å². The molecular formula is C50H34N4. The fourth-order valence-electron chi connectivity index (χ4n) is 8.43. The van der Waals surface area contributed by atoms with Gasteiger partial charge >= 0.3 is 0 Å². The second-order valence-electron chi connectivity index (χ2n) is 14.0. The summed E-state index contributed by atoms with van der Waals surface area (Å²) >= 11 is 0. The van der Waals surface area contributed by atoms with E-state index in [9.17, 15) is 0 Å². The van der Waals surface area contributed by atoms with Crippen LogP contribution in [-0.2, 0) is 0 Å². The molecule has 0 bridgehead atoms. The maximum absolute atomic E-state index is 5.51. The van der Waals surface area contributed by atoms with E-state index in [0.29, 0.717) is 0 Å². The molecule has 4 heteroatoms. The highest BCUT2D eigenvalue weighted by atomic mass is 15.3. The first-order chi connectivity index (χ1) is 26.8. The van der Waals surface area contributed by atoms with E-state index < -0.39 is 0 Å². The number of nitrogens with one attached hydrogen (secondary N) is 1. The lowest BCUT2D eigenvalue weighted by atomic mass is 9.96. The Bertz CT molecular complexity index is 3060. The van der Waals surface area contributed by atoms with Gasteiger partial charge in [-0.3, -0.25) is 0 Å². The first kappa shape index (κ1) is 30.5. The molecule has 2 aromatic heterocycles. The van der Waals surface area contributed by atoms with Crippen molar-refractivity contribution >= 4 is 55.0 Å². The minimum atomic E-state index is -0.354. The molecule has 254 valence electrons. The van der Waals surface area contributed by atoms with Crippen molar-refractivity contribution in [3.63, 3.8) is 0 Å². The van der Waals surface area contributed by atoms with E-state index >= 15 is 0 Å². The molecule has 11 rings (SSSR count). The Kier molecular flexibility index (Phi) is 6.89. The molecule has 1 unspecified atom stereocenters. The number of para-hydroxylation sites is 4. The van der Waals surface area contributed by atoms with Crippen LogP contribution in [0.15, 0.2) is 199 Å². The molecule has 1 aliphatic heterocycles. The van der Waals surface area contributed by atoms with Gasteiger partial charge in [-0.2, -0.15) is 0 Å². The van der Waals surface area contributed by atoms with Gasteiger partial charge in [-0.15, -0.1) is 0 Å². The number of fused-ring (bicyclic) bond motifs is 7. The molecule has 54 heavy (non-hydrogen) atoms. The summed E-state index contributed by atoms with van der Waals surface area (Å²) in [6, 6.07) is 69.7. The molecule has 4 nitrogen and oxygen atoms in total. The molecule has 8 aromatic carbocycles. The Hall–Kier alpha value is -7.17. The number of benzene rings is 8. The molecule has 0 aliphatic carbocycles. The zero-order chi connectivity index (χ0) is 35.6. The van der Waals surface area contributed by atoms with Gasteiger partial charge in [0.25, 0.3) is 0 Å². The van der Waals surface area contributed by atoms with Crippen LogP contribution in [0.5, 0.6) is 0 Å². The molecule has 0 fully saturated rings. The number of aromatic nitrogens is 2. The molecule has 0 saturated heterocycles. The maximum atomic E-state index is 5.51. The van der Waals surface area contributed by atoms with Crippen LogP contribution >= 0.6 is 0 Å². The summed E-state index contributed by atoms with van der Waals surface area (Å²) in [5, 5.41) is 8.73. The predicted octanol–water partition coefficient (Wildman–Crippen LogP) is 12.6. The summed E-state index contributed by atoms with van der Waals surface area (Å²) in [7, 11) is 0. The summed E-state index contributed by atoms with van der Waals surface area (Å²) in [6.07, 6.45) is -0.354. The largest absolute Gasteiger partial charge is 0.346 e. The molecule has 0 spiro atoms. The SMILES string of the molecule is c1ccc(-c2ccc(C3=NC(n4c5ccccc5c5ccc(-c6ccc7c(c6)c6ccccc6n7-c6ccccc6)cc54)Nc4ccccc43)cc2)cc1. The fraction of sp³-hybridized carbons (Fsp3) is 0.0200. The van der Waals surface area contributed by atoms with E-state index in [1.165, 1.54) is 54.8 Å². The Labute approximate surface area is 312 Å². The third-order valence-electron chi connectivity index (χ3n) is 11.0. The van der Waals surface area contributed by atoms with Crippen LogP contribution < -0.4 is 5.32 Å². The molecule has 1 N–H and O–H groups in total. The van der Waals surface area contributed by atoms with Gasteiger partial charge in [-0.05, 0) is 70.8 Å². The van der Waals surface area contributed by atoms with E-state index in [2.05, 4.69) is 209 Å². The first-order valence-electron chi connectivity index (χ1n) is 18.5. The maximum Gasteiger partial charge on any atom is 0.201 e. The van der Waals surface area contributed by atoms with Crippen LogP contribution in [0.1, 0.15) is 17.4 Å². The Balaban J connectivity index is 1.07. The highest BCUT2D eigenvalue weighted by Crippen LogP contribution is 2.40. The molecule has 10 aromatic rings. The third kappa shape index (κ3) is 4.81. The molecular weight excluding hydrogens is 657 g/mol. The number of anilines is 1. The Morgan fingerprint density at radius 3 is 1.76 bits per heavy atom. The monoisotopic (exact) mass is 690 g/mol. The van der Waals surface area contributed by atoms with Crippen molar-refractivity contribution in [2.75, 3.05) is 5.32 Å². The van der Waals surface area contributed by atoms with Crippen molar-refractivity contribution in [3.05, 3.63) is 205 Å². The van der Waals surface area contributed by atoms with Crippen molar-refractivity contribution in [2.24, 2.45) is 4.99 Å². The van der Waals surface area contributed by atoms with Gasteiger partial charge < -0.3 is 14.5 Å². The van der Waals surface area contributed by atoms with E-state index in [1.54, 1.807) is 0 Å². The van der Waals surface area contributed by atoms with Crippen molar-refractivity contribution in [2.45, 2.75) is 6.29 Å². The lowest BCUT2D eigenvalue weighted by molar-refractivity contribution is 0.624. The summed E-state index contributed by atoms with van der Waals surface area (Å²) in [4.78, 5) is 5.51. The van der Waals surface area contributed by atoms with Crippen molar-refractivity contribution in [1.82, 2.24) is 9.13 Å². The van der Waals surface area contributed by atoms with Crippen LogP contribution in [-0.4, -0.2) is 14.8 Å². The molecule has 1 atom stereocenters. The summed E-state index contributed by atoms with van der Waals surface area (Å²) in [5.41, 5.74) is 14.9. The number of rotatable bonds is 5. The number of hydrogen-bond donors (Lipinski definition) is 1. The molecule has 0 amide bonds. The highest BCUT2D eigenvalue weighted by Gasteiger charge is 2.25. The van der Waals surface area contributed by atoms with Crippen LogP contribution in [0.25, 0.3) is 71.6 Å². The Morgan fingerprint density at radius 2 is 0.944 bits per heavy atom. The zero-order valence-corrected chi connectivity index (χ0v) is 29.4. The van der Waals surface area contributed by atoms with Crippen LogP contribution in [0.3, 0.4) is 0 Å². The Morgan fingerprint density at radius 1 is 0.389 bits per heavy atom. The fourth-order valence-corrected chi connectivity index (χ4v) is 8.43. The van der Waals surface area contributed by atoms with Gasteiger partial charge in [-0.25, -0.2) is 4.99 Å². The first-order valence-corrected chi connectivity index (χ1v) is 18.5. The number of aliphatic imine (C=N–C) groups is 1. The topological polar surface area (TPSA) is 34.2 Å². The minimum absolute atomic E-state index is 0.354. The lowest BCUT2D eigenvalue weighted by Gasteiger charge is -2.28. The van der Waals surface area contributed by atoms with Gasteiger partial charge in [0.15, 0.2) is 0 Å². The number of hydrogen-bond acceptors (Lipinski definition) is 2. The van der Waals surface area contributed by atoms with Crippen LogP contribution in [0.2, 0.25) is 0 Å². The quantitative estimate of drug-likeness (QED) is 0.192. The third-order valence-corrected chi connectivity index (χ3v) is 11.0. The van der Waals surface area contributed by atoms with Gasteiger partial charge in [-0.1, -0.05) is 146 Å². The van der Waals surface area contributed by atoms with E-state index in [-0.39, 0.29) is 6.29 Å². The second kappa shape index (κ2) is 12.2. The second-order valence-corrected chi connectivity index (χ2v) is 14.0. The molecule has 1 aliphatic rings. The summed E-state index contributed by atoms with van der Waals surface area (Å²) in [6.45, 7) is 0. The minimum Gasteiger partial charge on any atom is -0.346 e. The molecule has 0 saturated carbocycles. The molecule has 3 heterocycles. The van der Waals surface area contributed by atoms with E-state index in [4.69, 9.17) is 4.99 Å². The van der Waals surface area contributed by atoms with Gasteiger partial charge in [0.1, 0.15) is 0 Å². The summed E-state index contributed by atoms with van der Waals surface area (Å²) < 4.78 is 4.75. The van der Waals surface area contributed by atoms with Gasteiger partial charge in [0.05, 0.1) is 27.8 Å². The van der Waals surface area contributed by atoms with E-state index in [0.717, 1.165) is 39.2 Å². The van der Waals surface area contributed by atoms with Crippen molar-refractivity contribution in [3.8, 4) is 27.9 Å².